The van der Waals surface area contributed by atoms with Gasteiger partial charge in [-0.2, -0.15) is 0 Å². The van der Waals surface area contributed by atoms with Crippen molar-refractivity contribution in [2.24, 2.45) is 0 Å². The van der Waals surface area contributed by atoms with E-state index in [1.807, 2.05) is 30.3 Å². The Morgan fingerprint density at radius 2 is 1.96 bits per heavy atom. The number of ether oxygens (including phenoxy) is 1. The molecule has 6 heteroatoms. The zero-order chi connectivity index (χ0) is 19.4. The normalized spacial score (nSPS) is 10.7. The summed E-state index contributed by atoms with van der Waals surface area (Å²) in [5.74, 6) is 0.721. The molecule has 0 N–H and O–H groups in total. The van der Waals surface area contributed by atoms with Crippen LogP contribution in [0.1, 0.15) is 17.0 Å². The van der Waals surface area contributed by atoms with Crippen LogP contribution in [0.25, 0.3) is 11.5 Å². The van der Waals surface area contributed by atoms with E-state index in [1.165, 1.54) is 18.1 Å². The Bertz CT molecular complexity index is 938. The molecule has 0 saturated carbocycles. The Morgan fingerprint density at radius 1 is 1.22 bits per heavy atom. The summed E-state index contributed by atoms with van der Waals surface area (Å²) in [6, 6.07) is 14.2. The van der Waals surface area contributed by atoms with Crippen LogP contribution in [0.15, 0.2) is 52.9 Å². The molecular formula is C21H21FN2O3. The van der Waals surface area contributed by atoms with Crippen LogP contribution in [0.5, 0.6) is 5.75 Å². The molecule has 3 aromatic rings. The highest BCUT2D eigenvalue weighted by atomic mass is 19.1. The van der Waals surface area contributed by atoms with E-state index >= 15 is 0 Å². The third kappa shape index (κ3) is 4.34. The molecule has 5 nitrogen and oxygen atoms in total. The number of aromatic nitrogens is 1. The molecule has 1 heterocycles. The van der Waals surface area contributed by atoms with Crippen molar-refractivity contribution < 1.29 is 18.3 Å². The predicted octanol–water partition coefficient (Wildman–Crippen LogP) is 4.00. The number of oxazole rings is 1. The number of methoxy groups -OCH3 is 1. The van der Waals surface area contributed by atoms with Gasteiger partial charge < -0.3 is 14.1 Å². The minimum absolute atomic E-state index is 0.122. The molecular weight excluding hydrogens is 347 g/mol. The number of carbonyl (C=O) groups excluding carboxylic acids is 1. The Kier molecular flexibility index (Phi) is 5.54. The fourth-order valence-corrected chi connectivity index (χ4v) is 2.74. The van der Waals surface area contributed by atoms with Crippen molar-refractivity contribution >= 4 is 5.91 Å². The van der Waals surface area contributed by atoms with E-state index in [0.717, 1.165) is 5.56 Å². The maximum atomic E-state index is 13.8. The molecule has 0 radical (unpaired) electrons. The SMILES string of the molecule is COc1ccc(CN(C)C(=O)Cc2nc(-c3ccccc3)oc2C)cc1F. The lowest BCUT2D eigenvalue weighted by atomic mass is 10.2. The van der Waals surface area contributed by atoms with Crippen molar-refractivity contribution in [2.75, 3.05) is 14.2 Å². The molecule has 0 fully saturated rings. The number of amides is 1. The summed E-state index contributed by atoms with van der Waals surface area (Å²) in [7, 11) is 3.09. The third-order valence-electron chi connectivity index (χ3n) is 4.29. The van der Waals surface area contributed by atoms with Crippen LogP contribution in [0.4, 0.5) is 4.39 Å². The largest absolute Gasteiger partial charge is 0.494 e. The summed E-state index contributed by atoms with van der Waals surface area (Å²) in [4.78, 5) is 18.5. The van der Waals surface area contributed by atoms with Gasteiger partial charge in [-0.1, -0.05) is 24.3 Å². The van der Waals surface area contributed by atoms with E-state index in [4.69, 9.17) is 9.15 Å². The molecule has 0 aliphatic rings. The standard InChI is InChI=1S/C21H21FN2O3/c1-14-18(23-21(27-14)16-7-5-4-6-8-16)12-20(25)24(2)13-15-9-10-19(26-3)17(22)11-15/h4-11H,12-13H2,1-3H3. The quantitative estimate of drug-likeness (QED) is 0.660. The number of aryl methyl sites for hydroxylation is 1. The predicted molar refractivity (Wildman–Crippen MR) is 99.8 cm³/mol. The monoisotopic (exact) mass is 368 g/mol. The zero-order valence-electron chi connectivity index (χ0n) is 15.5. The lowest BCUT2D eigenvalue weighted by Crippen LogP contribution is -2.28. The summed E-state index contributed by atoms with van der Waals surface area (Å²) in [6.07, 6.45) is 0.122. The number of halogens is 1. The number of likely N-dealkylation sites (N-methyl/N-ethyl adjacent to an activating group) is 1. The molecule has 2 aromatic carbocycles. The Labute approximate surface area is 157 Å². The van der Waals surface area contributed by atoms with Crippen LogP contribution in [-0.4, -0.2) is 29.9 Å². The van der Waals surface area contributed by atoms with Crippen molar-refractivity contribution in [1.82, 2.24) is 9.88 Å². The van der Waals surface area contributed by atoms with Gasteiger partial charge in [-0.25, -0.2) is 9.37 Å². The maximum Gasteiger partial charge on any atom is 0.228 e. The number of hydrogen-bond acceptors (Lipinski definition) is 4. The summed E-state index contributed by atoms with van der Waals surface area (Å²) < 4.78 is 24.4. The number of rotatable bonds is 6. The van der Waals surface area contributed by atoms with E-state index in [2.05, 4.69) is 4.98 Å². The first kappa shape index (κ1) is 18.6. The van der Waals surface area contributed by atoms with E-state index in [-0.39, 0.29) is 18.1 Å². The lowest BCUT2D eigenvalue weighted by molar-refractivity contribution is -0.129. The van der Waals surface area contributed by atoms with Gasteiger partial charge in [0.15, 0.2) is 11.6 Å². The van der Waals surface area contributed by atoms with E-state index in [1.54, 1.807) is 26.1 Å². The van der Waals surface area contributed by atoms with Crippen LogP contribution in [0.3, 0.4) is 0 Å². The van der Waals surface area contributed by atoms with Crippen molar-refractivity contribution in [3.05, 3.63) is 71.4 Å². The van der Waals surface area contributed by atoms with E-state index < -0.39 is 5.82 Å². The molecule has 0 bridgehead atoms. The Hall–Kier alpha value is -3.15. The molecule has 0 atom stereocenters. The van der Waals surface area contributed by atoms with Gasteiger partial charge in [-0.05, 0) is 36.8 Å². The highest BCUT2D eigenvalue weighted by Crippen LogP contribution is 2.22. The molecule has 3 rings (SSSR count). The van der Waals surface area contributed by atoms with Gasteiger partial charge in [0.1, 0.15) is 5.76 Å². The first-order valence-electron chi connectivity index (χ1n) is 8.56. The molecule has 0 unspecified atom stereocenters. The van der Waals surface area contributed by atoms with Gasteiger partial charge in [-0.15, -0.1) is 0 Å². The summed E-state index contributed by atoms with van der Waals surface area (Å²) in [5.41, 5.74) is 2.15. The molecule has 0 aliphatic heterocycles. The second-order valence-corrected chi connectivity index (χ2v) is 6.28. The smallest absolute Gasteiger partial charge is 0.228 e. The molecule has 140 valence electrons. The van der Waals surface area contributed by atoms with Crippen molar-refractivity contribution in [2.45, 2.75) is 19.9 Å². The molecule has 27 heavy (non-hydrogen) atoms. The fraction of sp³-hybridized carbons (Fsp3) is 0.238. The van der Waals surface area contributed by atoms with Crippen molar-refractivity contribution in [1.29, 1.82) is 0 Å². The fourth-order valence-electron chi connectivity index (χ4n) is 2.74. The first-order valence-corrected chi connectivity index (χ1v) is 8.56. The lowest BCUT2D eigenvalue weighted by Gasteiger charge is -2.17. The van der Waals surface area contributed by atoms with Crippen LogP contribution in [0, 0.1) is 12.7 Å². The summed E-state index contributed by atoms with van der Waals surface area (Å²) in [5, 5.41) is 0. The van der Waals surface area contributed by atoms with Crippen LogP contribution >= 0.6 is 0 Å². The van der Waals surface area contributed by atoms with Gasteiger partial charge in [0.2, 0.25) is 11.8 Å². The molecule has 1 aromatic heterocycles. The average Bonchev–Trinajstić information content (AvgIpc) is 3.03. The summed E-state index contributed by atoms with van der Waals surface area (Å²) in [6.45, 7) is 2.09. The number of hydrogen-bond donors (Lipinski definition) is 0. The molecule has 1 amide bonds. The highest BCUT2D eigenvalue weighted by molar-refractivity contribution is 5.78. The Morgan fingerprint density at radius 3 is 2.63 bits per heavy atom. The van der Waals surface area contributed by atoms with Gasteiger partial charge in [-0.3, -0.25) is 4.79 Å². The van der Waals surface area contributed by atoms with Crippen molar-refractivity contribution in [3.8, 4) is 17.2 Å². The zero-order valence-corrected chi connectivity index (χ0v) is 15.5. The summed E-state index contributed by atoms with van der Waals surface area (Å²) >= 11 is 0. The van der Waals surface area contributed by atoms with Crippen LogP contribution in [-0.2, 0) is 17.8 Å². The topological polar surface area (TPSA) is 55.6 Å². The maximum absolute atomic E-state index is 13.8. The highest BCUT2D eigenvalue weighted by Gasteiger charge is 2.17. The van der Waals surface area contributed by atoms with Crippen molar-refractivity contribution in [3.63, 3.8) is 0 Å². The second-order valence-electron chi connectivity index (χ2n) is 6.28. The molecule has 0 spiro atoms. The van der Waals surface area contributed by atoms with Gasteiger partial charge in [0, 0.05) is 19.2 Å². The minimum Gasteiger partial charge on any atom is -0.494 e. The second kappa shape index (κ2) is 8.03. The first-order chi connectivity index (χ1) is 13.0. The number of nitrogens with zero attached hydrogens (tertiary/aromatic N) is 2. The van der Waals surface area contributed by atoms with Crippen LogP contribution < -0.4 is 4.74 Å². The van der Waals surface area contributed by atoms with Gasteiger partial charge >= 0.3 is 0 Å². The number of benzene rings is 2. The average molecular weight is 368 g/mol. The van der Waals surface area contributed by atoms with E-state index in [9.17, 15) is 9.18 Å². The molecule has 0 aliphatic carbocycles. The van der Waals surface area contributed by atoms with E-state index in [0.29, 0.717) is 29.5 Å². The van der Waals surface area contributed by atoms with Gasteiger partial charge in [0.05, 0.1) is 19.2 Å². The number of carbonyl (C=O) groups is 1. The molecule has 0 saturated heterocycles. The van der Waals surface area contributed by atoms with Crippen LogP contribution in [0.2, 0.25) is 0 Å². The Balaban J connectivity index is 1.68. The van der Waals surface area contributed by atoms with Gasteiger partial charge in [0.25, 0.3) is 0 Å². The minimum atomic E-state index is -0.448. The third-order valence-corrected chi connectivity index (χ3v) is 4.29.